The van der Waals surface area contributed by atoms with E-state index in [0.717, 1.165) is 5.69 Å². The van der Waals surface area contributed by atoms with Gasteiger partial charge in [0.25, 0.3) is 12.2 Å². The van der Waals surface area contributed by atoms with Crippen LogP contribution in [-0.2, 0) is 19.6 Å². The van der Waals surface area contributed by atoms with E-state index in [0.29, 0.717) is 33.4 Å². The Morgan fingerprint density at radius 3 is 2.20 bits per heavy atom. The molecule has 0 saturated heterocycles. The predicted molar refractivity (Wildman–Crippen MR) is 193 cm³/mol. The molecule has 0 fully saturated rings. The van der Waals surface area contributed by atoms with Crippen molar-refractivity contribution in [1.82, 2.24) is 14.7 Å². The molecule has 4 rings (SSSR count). The van der Waals surface area contributed by atoms with Gasteiger partial charge >= 0.3 is 6.09 Å². The maximum absolute atomic E-state index is 13.5. The van der Waals surface area contributed by atoms with Gasteiger partial charge in [-0.05, 0) is 58.9 Å². The second-order valence-corrected chi connectivity index (χ2v) is 13.8. The third kappa shape index (κ3) is 12.1. The molecule has 0 unspecified atom stereocenters. The molecular formula is C33H42N6O9S2. The second kappa shape index (κ2) is 18.6. The summed E-state index contributed by atoms with van der Waals surface area (Å²) in [6, 6.07) is 11.1. The number of methoxy groups -OCH3 is 1. The summed E-state index contributed by atoms with van der Waals surface area (Å²) in [5.74, 6) is 0.567. The van der Waals surface area contributed by atoms with Gasteiger partial charge in [-0.1, -0.05) is 19.9 Å². The number of ether oxygens (including phenoxy) is 3. The number of hydrogen-bond donors (Lipinski definition) is 3. The number of thiazole rings is 1. The van der Waals surface area contributed by atoms with Crippen LogP contribution < -0.4 is 24.8 Å². The lowest BCUT2D eigenvalue weighted by molar-refractivity contribution is -0.384. The highest BCUT2D eigenvalue weighted by molar-refractivity contribution is 7.89. The first-order valence-electron chi connectivity index (χ1n) is 15.3. The van der Waals surface area contributed by atoms with Gasteiger partial charge in [0, 0.05) is 48.2 Å². The quantitative estimate of drug-likeness (QED) is 0.0803. The zero-order chi connectivity index (χ0) is 37.6. The number of hydrogen-bond acceptors (Lipinski definition) is 13. The fourth-order valence-corrected chi connectivity index (χ4v) is 6.57. The molecule has 0 aliphatic carbocycles. The van der Waals surface area contributed by atoms with Crippen molar-refractivity contribution in [3.8, 4) is 32.6 Å². The molecule has 50 heavy (non-hydrogen) atoms. The van der Waals surface area contributed by atoms with Crippen molar-refractivity contribution in [3.63, 3.8) is 0 Å². The molecule has 3 N–H and O–H groups in total. The van der Waals surface area contributed by atoms with Gasteiger partial charge in [0.2, 0.25) is 10.0 Å². The van der Waals surface area contributed by atoms with E-state index in [4.69, 9.17) is 9.47 Å². The van der Waals surface area contributed by atoms with Gasteiger partial charge in [-0.15, -0.1) is 11.3 Å². The van der Waals surface area contributed by atoms with Crippen LogP contribution in [0.4, 0.5) is 21.9 Å². The number of aromatic nitrogens is 2. The van der Waals surface area contributed by atoms with Crippen LogP contribution >= 0.6 is 11.3 Å². The van der Waals surface area contributed by atoms with E-state index >= 15 is 0 Å². The largest absolute Gasteiger partial charge is 0.494 e. The monoisotopic (exact) mass is 730 g/mol. The number of nitrogens with one attached hydrogen (secondary N) is 3. The molecule has 0 atom stereocenters. The minimum atomic E-state index is -4.08. The van der Waals surface area contributed by atoms with Gasteiger partial charge in [0.1, 0.15) is 22.2 Å². The molecule has 2 aromatic heterocycles. The molecule has 4 aromatic rings. The smallest absolute Gasteiger partial charge is 0.417 e. The zero-order valence-electron chi connectivity index (χ0n) is 29.3. The third-order valence-electron chi connectivity index (χ3n) is 5.88. The maximum Gasteiger partial charge on any atom is 0.417 e. The Morgan fingerprint density at radius 2 is 1.68 bits per heavy atom. The maximum atomic E-state index is 13.5. The number of rotatable bonds is 11. The van der Waals surface area contributed by atoms with Crippen LogP contribution in [0.2, 0.25) is 0 Å². The van der Waals surface area contributed by atoms with Crippen molar-refractivity contribution in [2.24, 2.45) is 0 Å². The number of sulfonamides is 1. The van der Waals surface area contributed by atoms with Gasteiger partial charge in [0.15, 0.2) is 0 Å². The topological polar surface area (TPSA) is 201 Å². The first-order chi connectivity index (χ1) is 23.6. The number of anilines is 2. The van der Waals surface area contributed by atoms with E-state index in [1.54, 1.807) is 66.2 Å². The van der Waals surface area contributed by atoms with Crippen molar-refractivity contribution < 1.29 is 37.1 Å². The highest BCUT2D eigenvalue weighted by Gasteiger charge is 2.27. The lowest BCUT2D eigenvalue weighted by Crippen LogP contribution is -2.40. The zero-order valence-corrected chi connectivity index (χ0v) is 30.9. The standard InChI is InChI=1S/C27H28N6O7S2.C4H8O2.C2H6/c1-27(2,3)32-42(37,38)23-13-16(31-26(34)40-19-9-7-18(8-10-19)33(35)36)6-11-20(23)22-15-30-25(41-22)24-21(39-5)12-17(28-4)14-29-24;1-4(2)6-3-5;1-2/h6-15,28,32H,1-5H3,(H,31,34);3-4H,1-2H3;1-2H3. The average Bonchev–Trinajstić information content (AvgIpc) is 3.54. The summed E-state index contributed by atoms with van der Waals surface area (Å²) in [4.78, 5) is 41.6. The van der Waals surface area contributed by atoms with Crippen molar-refractivity contribution in [1.29, 1.82) is 0 Å². The first kappa shape index (κ1) is 41.0. The number of nitro groups is 1. The lowest BCUT2D eigenvalue weighted by atomic mass is 10.1. The number of carbonyl (C=O) groups is 2. The predicted octanol–water partition coefficient (Wildman–Crippen LogP) is 7.11. The summed E-state index contributed by atoms with van der Waals surface area (Å²) in [6.45, 7) is 13.2. The van der Waals surface area contributed by atoms with Gasteiger partial charge < -0.3 is 19.5 Å². The molecule has 270 valence electrons. The van der Waals surface area contributed by atoms with Crippen LogP contribution in [0, 0.1) is 10.1 Å². The number of nitro benzene ring substituents is 1. The van der Waals surface area contributed by atoms with Crippen LogP contribution in [0.15, 0.2) is 65.8 Å². The molecule has 0 radical (unpaired) electrons. The van der Waals surface area contributed by atoms with Crippen molar-refractivity contribution in [2.45, 2.75) is 65.0 Å². The van der Waals surface area contributed by atoms with Gasteiger partial charge in [-0.25, -0.2) is 27.9 Å². The number of amides is 1. The van der Waals surface area contributed by atoms with Crippen LogP contribution in [0.5, 0.6) is 11.5 Å². The number of pyridine rings is 1. The minimum Gasteiger partial charge on any atom is -0.494 e. The Labute approximate surface area is 295 Å². The molecule has 17 heteroatoms. The van der Waals surface area contributed by atoms with E-state index in [9.17, 15) is 28.1 Å². The average molecular weight is 731 g/mol. The van der Waals surface area contributed by atoms with Crippen molar-refractivity contribution in [2.75, 3.05) is 24.8 Å². The van der Waals surface area contributed by atoms with E-state index in [1.165, 1.54) is 54.8 Å². The number of non-ortho nitro benzene ring substituents is 1. The number of carbonyl (C=O) groups excluding carboxylic acids is 2. The van der Waals surface area contributed by atoms with Gasteiger partial charge in [-0.3, -0.25) is 20.2 Å². The van der Waals surface area contributed by atoms with Crippen molar-refractivity contribution >= 4 is 51.0 Å². The summed E-state index contributed by atoms with van der Waals surface area (Å²) in [6.07, 6.45) is 2.31. The van der Waals surface area contributed by atoms with E-state index in [2.05, 4.69) is 30.1 Å². The Bertz CT molecular complexity index is 1860. The summed E-state index contributed by atoms with van der Waals surface area (Å²) < 4.78 is 44.8. The molecule has 2 heterocycles. The molecule has 2 aromatic carbocycles. The highest BCUT2D eigenvalue weighted by atomic mass is 32.2. The first-order valence-corrected chi connectivity index (χ1v) is 17.6. The molecular weight excluding hydrogens is 689 g/mol. The fraction of sp³-hybridized carbons (Fsp3) is 0.333. The minimum absolute atomic E-state index is 0.0301. The highest BCUT2D eigenvalue weighted by Crippen LogP contribution is 2.39. The van der Waals surface area contributed by atoms with E-state index < -0.39 is 26.6 Å². The SMILES string of the molecule is CC.CC(C)OC=O.CNc1cnc(-c2ncc(-c3ccc(NC(=O)Oc4ccc([N+](=O)[O-])cc4)cc3S(=O)(=O)NC(C)(C)C)s2)c(OC)c1. The summed E-state index contributed by atoms with van der Waals surface area (Å²) in [7, 11) is -0.793. The Hall–Kier alpha value is -5.13. The molecule has 0 aliphatic rings. The molecule has 0 bridgehead atoms. The Balaban J connectivity index is 0.000000979. The van der Waals surface area contributed by atoms with Crippen LogP contribution in [0.1, 0.15) is 48.5 Å². The summed E-state index contributed by atoms with van der Waals surface area (Å²) in [5, 5.41) is 16.9. The second-order valence-electron chi connectivity index (χ2n) is 11.2. The summed E-state index contributed by atoms with van der Waals surface area (Å²) >= 11 is 1.23. The summed E-state index contributed by atoms with van der Waals surface area (Å²) in [5.41, 5.74) is 0.808. The molecule has 0 spiro atoms. The molecule has 1 amide bonds. The van der Waals surface area contributed by atoms with Crippen LogP contribution in [-0.4, -0.2) is 61.7 Å². The van der Waals surface area contributed by atoms with Gasteiger partial charge in [-0.2, -0.15) is 0 Å². The third-order valence-corrected chi connectivity index (χ3v) is 8.71. The normalized spacial score (nSPS) is 10.8. The molecule has 0 saturated carbocycles. The fourth-order valence-electron chi connectivity index (χ4n) is 3.89. The number of benzene rings is 2. The lowest BCUT2D eigenvalue weighted by Gasteiger charge is -2.22. The van der Waals surface area contributed by atoms with Crippen LogP contribution in [0.25, 0.3) is 21.1 Å². The van der Waals surface area contributed by atoms with Crippen LogP contribution in [0.3, 0.4) is 0 Å². The number of nitrogens with zero attached hydrogens (tertiary/aromatic N) is 3. The van der Waals surface area contributed by atoms with E-state index in [-0.39, 0.29) is 28.1 Å². The van der Waals surface area contributed by atoms with Gasteiger partial charge in [0.05, 0.1) is 39.8 Å². The Kier molecular flexibility index (Phi) is 15.3. The Morgan fingerprint density at radius 1 is 1.02 bits per heavy atom. The van der Waals surface area contributed by atoms with Crippen molar-refractivity contribution in [3.05, 3.63) is 71.0 Å². The van der Waals surface area contributed by atoms with E-state index in [1.807, 2.05) is 13.8 Å². The molecule has 15 nitrogen and oxygen atoms in total. The molecule has 0 aliphatic heterocycles.